The summed E-state index contributed by atoms with van der Waals surface area (Å²) in [6.07, 6.45) is 4.69. The Morgan fingerprint density at radius 3 is 2.74 bits per heavy atom. The highest BCUT2D eigenvalue weighted by atomic mass is 127. The summed E-state index contributed by atoms with van der Waals surface area (Å²) in [5.41, 5.74) is 0.808. The van der Waals surface area contributed by atoms with Gasteiger partial charge < -0.3 is 4.90 Å². The number of rotatable bonds is 3. The van der Waals surface area contributed by atoms with Crippen molar-refractivity contribution in [2.24, 2.45) is 0 Å². The van der Waals surface area contributed by atoms with Crippen molar-refractivity contribution >= 4 is 38.6 Å². The van der Waals surface area contributed by atoms with Gasteiger partial charge in [-0.25, -0.2) is 18.4 Å². The molecule has 1 aromatic heterocycles. The second kappa shape index (κ2) is 5.49. The Kier molecular flexibility index (Phi) is 4.31. The summed E-state index contributed by atoms with van der Waals surface area (Å²) in [4.78, 5) is 10.6. The van der Waals surface area contributed by atoms with Gasteiger partial charge in [0.1, 0.15) is 0 Å². The first-order chi connectivity index (χ1) is 8.80. The van der Waals surface area contributed by atoms with Gasteiger partial charge in [0.25, 0.3) is 0 Å². The van der Waals surface area contributed by atoms with Crippen LogP contribution in [0.5, 0.6) is 0 Å². The first kappa shape index (κ1) is 14.9. The number of aromatic nitrogens is 2. The van der Waals surface area contributed by atoms with E-state index in [1.165, 1.54) is 10.6 Å². The molecule has 0 unspecified atom stereocenters. The zero-order valence-electron chi connectivity index (χ0n) is 11.2. The molecule has 2 rings (SSSR count). The summed E-state index contributed by atoms with van der Waals surface area (Å²) in [7, 11) is 0.546. The molecule has 1 fully saturated rings. The summed E-state index contributed by atoms with van der Waals surface area (Å²) in [5, 5.41) is 0. The van der Waals surface area contributed by atoms with E-state index >= 15 is 0 Å². The Bertz CT molecular complexity index is 576. The lowest BCUT2D eigenvalue weighted by Gasteiger charge is -2.23. The van der Waals surface area contributed by atoms with Crippen molar-refractivity contribution in [2.45, 2.75) is 18.9 Å². The molecule has 0 amide bonds. The van der Waals surface area contributed by atoms with Gasteiger partial charge in [0, 0.05) is 26.8 Å². The van der Waals surface area contributed by atoms with Gasteiger partial charge in [0.2, 0.25) is 16.0 Å². The molecule has 0 N–H and O–H groups in total. The molecular weight excluding hydrogens is 379 g/mol. The van der Waals surface area contributed by atoms with Gasteiger partial charge in [0.05, 0.1) is 21.6 Å². The van der Waals surface area contributed by atoms with Crippen molar-refractivity contribution in [3.05, 3.63) is 15.5 Å². The van der Waals surface area contributed by atoms with Gasteiger partial charge >= 0.3 is 0 Å². The Morgan fingerprint density at radius 1 is 1.47 bits per heavy atom. The summed E-state index contributed by atoms with van der Waals surface area (Å²) in [5.74, 6) is 0.607. The van der Waals surface area contributed by atoms with Crippen LogP contribution < -0.4 is 4.90 Å². The molecule has 0 radical (unpaired) electrons. The third kappa shape index (κ3) is 3.16. The summed E-state index contributed by atoms with van der Waals surface area (Å²) in [6, 6.07) is -0.163. The fourth-order valence-corrected chi connectivity index (χ4v) is 3.98. The SMILES string of the molecule is CN(C)c1ncc(I)c([C@H]2CCCN2S(C)(=O)=O)n1. The van der Waals surface area contributed by atoms with E-state index in [2.05, 4.69) is 32.6 Å². The summed E-state index contributed by atoms with van der Waals surface area (Å²) < 4.78 is 26.1. The van der Waals surface area contributed by atoms with Gasteiger partial charge in [-0.2, -0.15) is 4.31 Å². The average Bonchev–Trinajstić information content (AvgIpc) is 2.77. The lowest BCUT2D eigenvalue weighted by molar-refractivity contribution is 0.392. The highest BCUT2D eigenvalue weighted by molar-refractivity contribution is 14.1. The monoisotopic (exact) mass is 396 g/mol. The van der Waals surface area contributed by atoms with Gasteiger partial charge in [-0.1, -0.05) is 0 Å². The normalized spacial score (nSPS) is 20.7. The number of halogens is 1. The first-order valence-corrected chi connectivity index (χ1v) is 8.90. The van der Waals surface area contributed by atoms with E-state index in [-0.39, 0.29) is 6.04 Å². The molecule has 0 spiro atoms. The van der Waals surface area contributed by atoms with Crippen molar-refractivity contribution in [1.29, 1.82) is 0 Å². The van der Waals surface area contributed by atoms with Crippen molar-refractivity contribution in [3.8, 4) is 0 Å². The van der Waals surface area contributed by atoms with Gasteiger partial charge in [0.15, 0.2) is 0 Å². The van der Waals surface area contributed by atoms with Gasteiger partial charge in [-0.15, -0.1) is 0 Å². The topological polar surface area (TPSA) is 66.4 Å². The molecule has 2 heterocycles. The standard InChI is InChI=1S/C11H17IN4O2S/c1-15(2)11-13-7-8(12)10(14-11)9-5-4-6-16(9)19(3,17)18/h7,9H,4-6H2,1-3H3/t9-/m1/s1. The summed E-state index contributed by atoms with van der Waals surface area (Å²) >= 11 is 2.16. The molecule has 0 aromatic carbocycles. The largest absolute Gasteiger partial charge is 0.347 e. The van der Waals surface area contributed by atoms with Crippen LogP contribution in [0.1, 0.15) is 24.6 Å². The second-order valence-electron chi connectivity index (χ2n) is 4.83. The van der Waals surface area contributed by atoms with Crippen LogP contribution in [-0.4, -0.2) is 49.6 Å². The van der Waals surface area contributed by atoms with Crippen LogP contribution in [-0.2, 0) is 10.0 Å². The van der Waals surface area contributed by atoms with Crippen molar-refractivity contribution in [2.75, 3.05) is 31.8 Å². The fourth-order valence-electron chi connectivity index (χ4n) is 2.23. The van der Waals surface area contributed by atoms with E-state index in [9.17, 15) is 8.42 Å². The minimum atomic E-state index is -3.19. The zero-order chi connectivity index (χ0) is 14.2. The molecule has 0 bridgehead atoms. The molecule has 6 nitrogen and oxygen atoms in total. The highest BCUT2D eigenvalue weighted by Gasteiger charge is 2.34. The van der Waals surface area contributed by atoms with Gasteiger partial charge in [-0.05, 0) is 35.4 Å². The van der Waals surface area contributed by atoms with Crippen LogP contribution in [0, 0.1) is 3.57 Å². The zero-order valence-corrected chi connectivity index (χ0v) is 14.1. The van der Waals surface area contributed by atoms with Crippen LogP contribution in [0.15, 0.2) is 6.20 Å². The maximum Gasteiger partial charge on any atom is 0.225 e. The maximum atomic E-state index is 11.8. The van der Waals surface area contributed by atoms with Crippen molar-refractivity contribution in [3.63, 3.8) is 0 Å². The lowest BCUT2D eigenvalue weighted by atomic mass is 10.1. The summed E-state index contributed by atoms with van der Waals surface area (Å²) in [6.45, 7) is 0.570. The number of nitrogens with zero attached hydrogens (tertiary/aromatic N) is 4. The van der Waals surface area contributed by atoms with Crippen molar-refractivity contribution < 1.29 is 8.42 Å². The fraction of sp³-hybridized carbons (Fsp3) is 0.636. The van der Waals surface area contributed by atoms with Crippen LogP contribution in [0.25, 0.3) is 0 Å². The molecule has 0 aliphatic carbocycles. The molecule has 1 aliphatic heterocycles. The van der Waals surface area contributed by atoms with E-state index in [1.807, 2.05) is 19.0 Å². The molecule has 8 heteroatoms. The predicted molar refractivity (Wildman–Crippen MR) is 82.6 cm³/mol. The van der Waals surface area contributed by atoms with E-state index < -0.39 is 10.0 Å². The predicted octanol–water partition coefficient (Wildman–Crippen LogP) is 1.24. The number of hydrogen-bond acceptors (Lipinski definition) is 5. The Balaban J connectivity index is 2.43. The molecule has 1 aliphatic rings. The van der Waals surface area contributed by atoms with Crippen LogP contribution >= 0.6 is 22.6 Å². The minimum Gasteiger partial charge on any atom is -0.347 e. The van der Waals surface area contributed by atoms with Crippen molar-refractivity contribution in [1.82, 2.24) is 14.3 Å². The maximum absolute atomic E-state index is 11.8. The Hall–Kier alpha value is -0.480. The molecule has 1 saturated heterocycles. The van der Waals surface area contributed by atoms with Crippen LogP contribution in [0.3, 0.4) is 0 Å². The van der Waals surface area contributed by atoms with Crippen LogP contribution in [0.2, 0.25) is 0 Å². The molecule has 106 valence electrons. The quantitative estimate of drug-likeness (QED) is 0.720. The molecule has 19 heavy (non-hydrogen) atoms. The minimum absolute atomic E-state index is 0.163. The molecule has 1 atom stereocenters. The van der Waals surface area contributed by atoms with E-state index in [0.717, 1.165) is 22.1 Å². The number of anilines is 1. The van der Waals surface area contributed by atoms with Gasteiger partial charge in [-0.3, -0.25) is 0 Å². The second-order valence-corrected chi connectivity index (χ2v) is 7.93. The van der Waals surface area contributed by atoms with Crippen LogP contribution in [0.4, 0.5) is 5.95 Å². The van der Waals surface area contributed by atoms with E-state index in [4.69, 9.17) is 0 Å². The Morgan fingerprint density at radius 2 is 2.16 bits per heavy atom. The van der Waals surface area contributed by atoms with E-state index in [1.54, 1.807) is 6.20 Å². The third-order valence-corrected chi connectivity index (χ3v) is 5.22. The van der Waals surface area contributed by atoms with E-state index in [0.29, 0.717) is 12.5 Å². The Labute approximate surface area is 127 Å². The molecule has 1 aromatic rings. The highest BCUT2D eigenvalue weighted by Crippen LogP contribution is 2.35. The lowest BCUT2D eigenvalue weighted by Crippen LogP contribution is -2.30. The molecular formula is C11H17IN4O2S. The molecule has 0 saturated carbocycles. The average molecular weight is 396 g/mol. The third-order valence-electron chi connectivity index (χ3n) is 3.10. The first-order valence-electron chi connectivity index (χ1n) is 5.97. The number of sulfonamides is 1. The smallest absolute Gasteiger partial charge is 0.225 e. The number of hydrogen-bond donors (Lipinski definition) is 0.